The number of aromatic nitrogens is 2. The van der Waals surface area contributed by atoms with Gasteiger partial charge >= 0.3 is 0 Å². The number of hydrogen-bond acceptors (Lipinski definition) is 4. The molecule has 0 amide bonds. The molecular weight excluding hydrogens is 408 g/mol. The third-order valence-electron chi connectivity index (χ3n) is 5.08. The number of nitrogens with zero attached hydrogens (tertiary/aromatic N) is 4. The molecule has 0 saturated carbocycles. The van der Waals surface area contributed by atoms with Crippen molar-refractivity contribution in [3.05, 3.63) is 100 Å². The van der Waals surface area contributed by atoms with Crippen LogP contribution in [0.3, 0.4) is 0 Å². The van der Waals surface area contributed by atoms with E-state index >= 15 is 0 Å². The molecule has 30 heavy (non-hydrogen) atoms. The molecular formula is C24H20N4S2. The van der Waals surface area contributed by atoms with Crippen LogP contribution in [0.5, 0.6) is 0 Å². The molecule has 0 saturated heterocycles. The van der Waals surface area contributed by atoms with Crippen molar-refractivity contribution in [1.82, 2.24) is 9.13 Å². The fraction of sp³-hybridized carbons (Fsp3) is 0.0833. The molecule has 4 nitrogen and oxygen atoms in total. The summed E-state index contributed by atoms with van der Waals surface area (Å²) in [6.45, 7) is 4.58. The largest absolute Gasteiger partial charge is 0.318 e. The first-order valence-corrected chi connectivity index (χ1v) is 11.3. The zero-order valence-corrected chi connectivity index (χ0v) is 18.2. The van der Waals surface area contributed by atoms with Crippen LogP contribution in [0.1, 0.15) is 11.1 Å². The Morgan fingerprint density at radius 1 is 0.800 bits per heavy atom. The van der Waals surface area contributed by atoms with Crippen LogP contribution in [0.4, 0.5) is 0 Å². The van der Waals surface area contributed by atoms with Gasteiger partial charge in [0, 0.05) is 7.05 Å². The van der Waals surface area contributed by atoms with Gasteiger partial charge in [-0.25, -0.2) is 0 Å². The Morgan fingerprint density at radius 2 is 1.40 bits per heavy atom. The second-order valence-electron chi connectivity index (χ2n) is 7.00. The van der Waals surface area contributed by atoms with Gasteiger partial charge in [-0.1, -0.05) is 83.9 Å². The molecule has 0 atom stereocenters. The summed E-state index contributed by atoms with van der Waals surface area (Å²) < 4.78 is 6.74. The number of aryl methyl sites for hydroxylation is 1. The van der Waals surface area contributed by atoms with Gasteiger partial charge in [0.15, 0.2) is 0 Å². The topological polar surface area (TPSA) is 34.6 Å². The van der Waals surface area contributed by atoms with Crippen LogP contribution in [0.25, 0.3) is 26.5 Å². The fourth-order valence-electron chi connectivity index (χ4n) is 3.46. The lowest BCUT2D eigenvalue weighted by Gasteiger charge is -2.05. The predicted molar refractivity (Wildman–Crippen MR) is 127 cm³/mol. The predicted octanol–water partition coefficient (Wildman–Crippen LogP) is 5.36. The Hall–Kier alpha value is -3.22. The third kappa shape index (κ3) is 3.44. The van der Waals surface area contributed by atoms with E-state index < -0.39 is 0 Å². The summed E-state index contributed by atoms with van der Waals surface area (Å²) in [6, 6.07) is 25.2. The lowest BCUT2D eigenvalue weighted by atomic mass is 10.1. The van der Waals surface area contributed by atoms with Gasteiger partial charge in [-0.15, -0.1) is 10.2 Å². The normalized spacial score (nSPS) is 12.8. The van der Waals surface area contributed by atoms with Crippen molar-refractivity contribution in [1.29, 1.82) is 0 Å². The number of thiazole rings is 2. The second-order valence-corrected chi connectivity index (χ2v) is 9.01. The third-order valence-corrected chi connectivity index (χ3v) is 7.23. The lowest BCUT2D eigenvalue weighted by molar-refractivity contribution is 0.779. The highest BCUT2D eigenvalue weighted by Crippen LogP contribution is 2.19. The van der Waals surface area contributed by atoms with E-state index in [1.54, 1.807) is 22.7 Å². The molecule has 6 heteroatoms. The number of rotatable bonds is 4. The Morgan fingerprint density at radius 3 is 2.10 bits per heavy atom. The molecule has 2 aromatic heterocycles. The van der Waals surface area contributed by atoms with E-state index in [9.17, 15) is 0 Å². The summed E-state index contributed by atoms with van der Waals surface area (Å²) in [5, 5.41) is 9.30. The summed E-state index contributed by atoms with van der Waals surface area (Å²) in [7, 11) is 2.04. The molecule has 0 bridgehead atoms. The second kappa shape index (κ2) is 7.89. The zero-order valence-electron chi connectivity index (χ0n) is 16.5. The summed E-state index contributed by atoms with van der Waals surface area (Å²) >= 11 is 3.32. The van der Waals surface area contributed by atoms with Crippen LogP contribution in [0.15, 0.2) is 89.6 Å². The molecule has 0 aliphatic rings. The van der Waals surface area contributed by atoms with E-state index in [2.05, 4.69) is 92.6 Å². The molecule has 148 valence electrons. The molecule has 0 radical (unpaired) electrons. The van der Waals surface area contributed by atoms with Crippen LogP contribution in [-0.4, -0.2) is 9.13 Å². The van der Waals surface area contributed by atoms with Crippen LogP contribution in [-0.2, 0) is 13.6 Å². The maximum absolute atomic E-state index is 4.68. The Balaban J connectivity index is 1.65. The van der Waals surface area contributed by atoms with Crippen molar-refractivity contribution < 1.29 is 0 Å². The van der Waals surface area contributed by atoms with Crippen molar-refractivity contribution in [2.75, 3.05) is 0 Å². The quantitative estimate of drug-likeness (QED) is 0.345. The van der Waals surface area contributed by atoms with Gasteiger partial charge < -0.3 is 9.13 Å². The first kappa shape index (κ1) is 18.8. The van der Waals surface area contributed by atoms with Crippen molar-refractivity contribution in [2.45, 2.75) is 6.54 Å². The molecule has 2 heterocycles. The number of hydrogen-bond donors (Lipinski definition) is 0. The van der Waals surface area contributed by atoms with Crippen LogP contribution < -0.4 is 9.60 Å². The number of fused-ring (bicyclic) bond motifs is 2. The van der Waals surface area contributed by atoms with Crippen molar-refractivity contribution >= 4 is 49.2 Å². The molecule has 0 spiro atoms. The maximum atomic E-state index is 4.68. The molecule has 0 aliphatic carbocycles. The highest BCUT2D eigenvalue weighted by Gasteiger charge is 2.07. The summed E-state index contributed by atoms with van der Waals surface area (Å²) in [5.41, 5.74) is 4.68. The van der Waals surface area contributed by atoms with E-state index in [0.29, 0.717) is 0 Å². The number of para-hydroxylation sites is 2. The van der Waals surface area contributed by atoms with Gasteiger partial charge in [-0.05, 0) is 35.4 Å². The molecule has 0 N–H and O–H groups in total. The zero-order chi connectivity index (χ0) is 20.5. The maximum Gasteiger partial charge on any atom is 0.212 e. The summed E-state index contributed by atoms with van der Waals surface area (Å²) in [4.78, 5) is 1.77. The standard InChI is InChI=1S/C24H20N4S2/c1-3-17-12-14-18(15-13-17)16-28-20-9-5-7-11-22(20)30-24(28)26-25-23-27(2)19-8-4-6-10-21(19)29-23/h3-15H,1,16H2,2H3/b25-23-,26-24-. The van der Waals surface area contributed by atoms with E-state index in [0.717, 1.165) is 21.7 Å². The number of benzene rings is 3. The van der Waals surface area contributed by atoms with E-state index in [-0.39, 0.29) is 0 Å². The van der Waals surface area contributed by atoms with Crippen molar-refractivity contribution in [2.24, 2.45) is 17.3 Å². The van der Waals surface area contributed by atoms with Gasteiger partial charge in [-0.3, -0.25) is 0 Å². The van der Waals surface area contributed by atoms with Gasteiger partial charge in [-0.2, -0.15) is 0 Å². The van der Waals surface area contributed by atoms with Crippen molar-refractivity contribution in [3.63, 3.8) is 0 Å². The Kier molecular flexibility index (Phi) is 4.94. The van der Waals surface area contributed by atoms with Crippen molar-refractivity contribution in [3.8, 4) is 0 Å². The smallest absolute Gasteiger partial charge is 0.212 e. The highest BCUT2D eigenvalue weighted by molar-refractivity contribution is 7.16. The minimum Gasteiger partial charge on any atom is -0.318 e. The van der Waals surface area contributed by atoms with Gasteiger partial charge in [0.05, 0.1) is 27.0 Å². The van der Waals surface area contributed by atoms with Gasteiger partial charge in [0.1, 0.15) is 0 Å². The molecule has 5 aromatic rings. The highest BCUT2D eigenvalue weighted by atomic mass is 32.1. The molecule has 3 aromatic carbocycles. The van der Waals surface area contributed by atoms with E-state index in [4.69, 9.17) is 0 Å². The monoisotopic (exact) mass is 428 g/mol. The fourth-order valence-corrected chi connectivity index (χ4v) is 5.41. The van der Waals surface area contributed by atoms with Crippen LogP contribution >= 0.6 is 22.7 Å². The average molecular weight is 429 g/mol. The molecule has 0 fully saturated rings. The molecule has 0 aliphatic heterocycles. The first-order chi connectivity index (χ1) is 14.7. The summed E-state index contributed by atoms with van der Waals surface area (Å²) in [6.07, 6.45) is 1.86. The van der Waals surface area contributed by atoms with Crippen LogP contribution in [0.2, 0.25) is 0 Å². The van der Waals surface area contributed by atoms with Gasteiger partial charge in [0.25, 0.3) is 0 Å². The Bertz CT molecular complexity index is 1490. The van der Waals surface area contributed by atoms with Gasteiger partial charge in [0.2, 0.25) is 9.60 Å². The minimum atomic E-state index is 0.744. The molecule has 5 rings (SSSR count). The van der Waals surface area contributed by atoms with E-state index in [1.165, 1.54) is 26.0 Å². The first-order valence-electron chi connectivity index (χ1n) is 9.65. The lowest BCUT2D eigenvalue weighted by Crippen LogP contribution is -2.16. The van der Waals surface area contributed by atoms with Crippen LogP contribution in [0, 0.1) is 0 Å². The minimum absolute atomic E-state index is 0.744. The SMILES string of the molecule is C=Cc1ccc(Cn2/c(=N/N=c3\sc4ccccc4n3C)sc3ccccc32)cc1. The summed E-state index contributed by atoms with van der Waals surface area (Å²) in [5.74, 6) is 0. The van der Waals surface area contributed by atoms with E-state index in [1.807, 2.05) is 19.2 Å². The average Bonchev–Trinajstić information content (AvgIpc) is 3.30. The Labute approximate surface area is 182 Å². The molecule has 0 unspecified atom stereocenters.